The number of hydrogen-bond donors (Lipinski definition) is 1. The molecule has 0 aromatic heterocycles. The van der Waals surface area contributed by atoms with E-state index in [-0.39, 0.29) is 36.5 Å². The van der Waals surface area contributed by atoms with Gasteiger partial charge in [0.05, 0.1) is 18.1 Å². The number of nitro benzene ring substituents is 1. The number of methoxy groups -OCH3 is 1. The topological polar surface area (TPSA) is 102 Å². The minimum Gasteiger partial charge on any atom is -0.497 e. The largest absolute Gasteiger partial charge is 0.497 e. The number of ether oxygens (including phenoxy) is 1. The molecule has 1 atom stereocenters. The lowest BCUT2D eigenvalue weighted by Gasteiger charge is -2.31. The van der Waals surface area contributed by atoms with E-state index < -0.39 is 4.92 Å². The number of amides is 2. The van der Waals surface area contributed by atoms with Crippen molar-refractivity contribution in [2.45, 2.75) is 38.1 Å². The number of carbonyl (C=O) groups excluding carboxylic acids is 2. The zero-order valence-corrected chi connectivity index (χ0v) is 17.6. The maximum atomic E-state index is 13.0. The van der Waals surface area contributed by atoms with Gasteiger partial charge < -0.3 is 15.0 Å². The van der Waals surface area contributed by atoms with Crippen molar-refractivity contribution >= 4 is 17.5 Å². The molecule has 0 unspecified atom stereocenters. The van der Waals surface area contributed by atoms with Gasteiger partial charge in [-0.25, -0.2) is 0 Å². The van der Waals surface area contributed by atoms with Crippen LogP contribution in [0.5, 0.6) is 5.75 Å². The zero-order chi connectivity index (χ0) is 22.2. The lowest BCUT2D eigenvalue weighted by Crippen LogP contribution is -2.37. The van der Waals surface area contributed by atoms with Crippen molar-refractivity contribution in [2.75, 3.05) is 20.2 Å². The van der Waals surface area contributed by atoms with E-state index >= 15 is 0 Å². The van der Waals surface area contributed by atoms with Crippen molar-refractivity contribution in [1.29, 1.82) is 0 Å². The zero-order valence-electron chi connectivity index (χ0n) is 17.6. The van der Waals surface area contributed by atoms with Crippen LogP contribution in [0, 0.1) is 10.1 Å². The molecule has 0 bridgehead atoms. The molecule has 2 aromatic carbocycles. The number of non-ortho nitro benzene ring substituents is 1. The molecule has 8 nitrogen and oxygen atoms in total. The van der Waals surface area contributed by atoms with Crippen LogP contribution in [0.15, 0.2) is 48.5 Å². The fraction of sp³-hybridized carbons (Fsp3) is 0.391. The lowest BCUT2D eigenvalue weighted by molar-refractivity contribution is -0.384. The van der Waals surface area contributed by atoms with Gasteiger partial charge in [-0.2, -0.15) is 0 Å². The number of rotatable bonds is 7. The van der Waals surface area contributed by atoms with Crippen LogP contribution in [-0.2, 0) is 4.79 Å². The van der Waals surface area contributed by atoms with Gasteiger partial charge in [-0.05, 0) is 42.7 Å². The molecule has 1 N–H and O–H groups in total. The van der Waals surface area contributed by atoms with Gasteiger partial charge in [-0.3, -0.25) is 19.7 Å². The lowest BCUT2D eigenvalue weighted by atomic mass is 10.0. The third kappa shape index (κ3) is 5.81. The molecule has 2 amide bonds. The maximum absolute atomic E-state index is 13.0. The maximum Gasteiger partial charge on any atom is 0.269 e. The highest BCUT2D eigenvalue weighted by molar-refractivity contribution is 5.94. The SMILES string of the molecule is COc1ccc([C@H]2CCCCCN2C(=O)CCNC(=O)c2ccc([N+](=O)[O-])cc2)cc1. The summed E-state index contributed by atoms with van der Waals surface area (Å²) in [6, 6.07) is 13.2. The summed E-state index contributed by atoms with van der Waals surface area (Å²) < 4.78 is 5.23. The van der Waals surface area contributed by atoms with Crippen LogP contribution in [0.3, 0.4) is 0 Å². The van der Waals surface area contributed by atoms with E-state index in [0.717, 1.165) is 37.0 Å². The number of nitrogens with one attached hydrogen (secondary N) is 1. The molecule has 2 aromatic rings. The van der Waals surface area contributed by atoms with Crippen molar-refractivity contribution < 1.29 is 19.2 Å². The number of carbonyl (C=O) groups is 2. The van der Waals surface area contributed by atoms with Crippen LogP contribution in [0.25, 0.3) is 0 Å². The number of likely N-dealkylation sites (tertiary alicyclic amines) is 1. The Bertz CT molecular complexity index is 912. The van der Waals surface area contributed by atoms with Gasteiger partial charge >= 0.3 is 0 Å². The van der Waals surface area contributed by atoms with Crippen LogP contribution in [-0.4, -0.2) is 41.8 Å². The predicted octanol–water partition coefficient (Wildman–Crippen LogP) is 3.87. The quantitative estimate of drug-likeness (QED) is 0.536. The normalized spacial score (nSPS) is 16.3. The average Bonchev–Trinajstić information content (AvgIpc) is 3.05. The summed E-state index contributed by atoms with van der Waals surface area (Å²) >= 11 is 0. The molecule has 8 heteroatoms. The molecule has 0 radical (unpaired) electrons. The van der Waals surface area contributed by atoms with E-state index in [9.17, 15) is 19.7 Å². The van der Waals surface area contributed by atoms with Gasteiger partial charge in [0.2, 0.25) is 5.91 Å². The van der Waals surface area contributed by atoms with Crippen LogP contribution in [0.4, 0.5) is 5.69 Å². The van der Waals surface area contributed by atoms with Gasteiger partial charge in [-0.1, -0.05) is 25.0 Å². The number of hydrogen-bond acceptors (Lipinski definition) is 5. The minimum absolute atomic E-state index is 0.00622. The van der Waals surface area contributed by atoms with E-state index in [4.69, 9.17) is 4.74 Å². The van der Waals surface area contributed by atoms with Crippen LogP contribution in [0.1, 0.15) is 54.1 Å². The summed E-state index contributed by atoms with van der Waals surface area (Å²) in [4.78, 5) is 37.4. The fourth-order valence-corrected chi connectivity index (χ4v) is 3.84. The molecular weight excluding hydrogens is 398 g/mol. The molecular formula is C23H27N3O5. The van der Waals surface area contributed by atoms with E-state index in [0.29, 0.717) is 12.1 Å². The standard InChI is InChI=1S/C23H27N3O5/c1-31-20-12-8-17(9-13-20)21-5-3-2-4-16-25(21)22(27)14-15-24-23(28)18-6-10-19(11-7-18)26(29)30/h6-13,21H,2-5,14-16H2,1H3,(H,24,28)/t21-/m1/s1. The Hall–Kier alpha value is -3.42. The van der Waals surface area contributed by atoms with Crippen molar-refractivity contribution in [1.82, 2.24) is 10.2 Å². The summed E-state index contributed by atoms with van der Waals surface area (Å²) in [6.07, 6.45) is 4.23. The third-order valence-electron chi connectivity index (χ3n) is 5.54. The van der Waals surface area contributed by atoms with Crippen molar-refractivity contribution in [3.63, 3.8) is 0 Å². The van der Waals surface area contributed by atoms with E-state index in [1.165, 1.54) is 24.3 Å². The summed E-state index contributed by atoms with van der Waals surface area (Å²) in [5.41, 5.74) is 1.34. The highest BCUT2D eigenvalue weighted by Gasteiger charge is 2.26. The number of nitrogens with zero attached hydrogens (tertiary/aromatic N) is 2. The third-order valence-corrected chi connectivity index (χ3v) is 5.54. The molecule has 0 spiro atoms. The first kappa shape index (κ1) is 22.3. The van der Waals surface area contributed by atoms with Gasteiger partial charge in [0, 0.05) is 37.2 Å². The fourth-order valence-electron chi connectivity index (χ4n) is 3.84. The molecule has 3 rings (SSSR count). The summed E-state index contributed by atoms with van der Waals surface area (Å²) in [6.45, 7) is 0.909. The Morgan fingerprint density at radius 3 is 2.45 bits per heavy atom. The Morgan fingerprint density at radius 1 is 1.10 bits per heavy atom. The smallest absolute Gasteiger partial charge is 0.269 e. The second-order valence-electron chi connectivity index (χ2n) is 7.54. The average molecular weight is 425 g/mol. The molecule has 1 aliphatic rings. The van der Waals surface area contributed by atoms with Gasteiger partial charge in [0.25, 0.3) is 11.6 Å². The minimum atomic E-state index is -0.513. The Kier molecular flexibility index (Phi) is 7.59. The molecule has 31 heavy (non-hydrogen) atoms. The van der Waals surface area contributed by atoms with E-state index in [1.807, 2.05) is 29.2 Å². The molecule has 164 valence electrons. The molecule has 1 fully saturated rings. The number of nitro groups is 1. The molecule has 0 saturated carbocycles. The van der Waals surface area contributed by atoms with E-state index in [1.54, 1.807) is 7.11 Å². The van der Waals surface area contributed by atoms with E-state index in [2.05, 4.69) is 5.32 Å². The van der Waals surface area contributed by atoms with Gasteiger partial charge in [-0.15, -0.1) is 0 Å². The first-order valence-corrected chi connectivity index (χ1v) is 10.5. The molecule has 0 aliphatic carbocycles. The van der Waals surface area contributed by atoms with Crippen LogP contribution >= 0.6 is 0 Å². The summed E-state index contributed by atoms with van der Waals surface area (Å²) in [5.74, 6) is 0.432. The van der Waals surface area contributed by atoms with Crippen LogP contribution in [0.2, 0.25) is 0 Å². The predicted molar refractivity (Wildman–Crippen MR) is 116 cm³/mol. The van der Waals surface area contributed by atoms with Crippen molar-refractivity contribution in [3.05, 3.63) is 69.8 Å². The number of benzene rings is 2. The monoisotopic (exact) mass is 425 g/mol. The van der Waals surface area contributed by atoms with Crippen molar-refractivity contribution in [2.24, 2.45) is 0 Å². The molecule has 1 heterocycles. The Morgan fingerprint density at radius 2 is 1.81 bits per heavy atom. The van der Waals surface area contributed by atoms with Gasteiger partial charge in [0.15, 0.2) is 0 Å². The second-order valence-corrected chi connectivity index (χ2v) is 7.54. The van der Waals surface area contributed by atoms with Gasteiger partial charge in [0.1, 0.15) is 5.75 Å². The Labute approximate surface area is 181 Å². The first-order chi connectivity index (χ1) is 15.0. The highest BCUT2D eigenvalue weighted by atomic mass is 16.6. The highest BCUT2D eigenvalue weighted by Crippen LogP contribution is 2.31. The van der Waals surface area contributed by atoms with Crippen LogP contribution < -0.4 is 10.1 Å². The summed E-state index contributed by atoms with van der Waals surface area (Å²) in [7, 11) is 1.63. The summed E-state index contributed by atoms with van der Waals surface area (Å²) in [5, 5.41) is 13.5. The molecule has 1 aliphatic heterocycles. The molecule has 1 saturated heterocycles. The second kappa shape index (κ2) is 10.6. The Balaban J connectivity index is 1.59. The first-order valence-electron chi connectivity index (χ1n) is 10.5. The van der Waals surface area contributed by atoms with Crippen molar-refractivity contribution in [3.8, 4) is 5.75 Å².